The molecule has 8 nitrogen and oxygen atoms in total. The van der Waals surface area contributed by atoms with E-state index >= 15 is 0 Å². The molecule has 5 aromatic rings. The van der Waals surface area contributed by atoms with Crippen molar-refractivity contribution >= 4 is 28.3 Å². The fourth-order valence-electron chi connectivity index (χ4n) is 3.13. The number of aromatic nitrogens is 5. The van der Waals surface area contributed by atoms with Crippen LogP contribution in [-0.2, 0) is 0 Å². The van der Waals surface area contributed by atoms with Gasteiger partial charge in [-0.3, -0.25) is 18.6 Å². The van der Waals surface area contributed by atoms with Gasteiger partial charge in [0.15, 0.2) is 0 Å². The maximum atomic E-state index is 12.6. The molecule has 0 saturated heterocycles. The van der Waals surface area contributed by atoms with Gasteiger partial charge in [-0.05, 0) is 36.4 Å². The molecular formula is C21H14N6O2. The Morgan fingerprint density at radius 2 is 1.76 bits per heavy atom. The number of carbonyl (C=O) groups excluding carboxylic acids is 1. The van der Waals surface area contributed by atoms with Crippen molar-refractivity contribution in [3.63, 3.8) is 0 Å². The summed E-state index contributed by atoms with van der Waals surface area (Å²) >= 11 is 0. The average Bonchev–Trinajstić information content (AvgIpc) is 3.19. The van der Waals surface area contributed by atoms with Crippen LogP contribution in [-0.4, -0.2) is 29.8 Å². The fourth-order valence-corrected chi connectivity index (χ4v) is 3.13. The summed E-state index contributed by atoms with van der Waals surface area (Å²) in [7, 11) is 0. The SMILES string of the molecule is O=C(Nc1ccc(-n2cnc3ccccc32)nc1)c1cnc2ccccn2c1=O. The number of hydrogen-bond acceptors (Lipinski definition) is 5. The van der Waals surface area contributed by atoms with E-state index in [1.54, 1.807) is 42.9 Å². The maximum absolute atomic E-state index is 12.6. The number of para-hydroxylation sites is 2. The summed E-state index contributed by atoms with van der Waals surface area (Å²) in [6, 6.07) is 16.4. The molecule has 0 unspecified atom stereocenters. The van der Waals surface area contributed by atoms with Crippen molar-refractivity contribution in [2.24, 2.45) is 0 Å². The van der Waals surface area contributed by atoms with Gasteiger partial charge in [-0.15, -0.1) is 0 Å². The number of imidazole rings is 1. The number of carbonyl (C=O) groups is 1. The van der Waals surface area contributed by atoms with Crippen molar-refractivity contribution < 1.29 is 4.79 Å². The molecule has 0 aliphatic heterocycles. The van der Waals surface area contributed by atoms with Crippen molar-refractivity contribution in [3.05, 3.63) is 95.4 Å². The first-order valence-corrected chi connectivity index (χ1v) is 8.87. The predicted molar refractivity (Wildman–Crippen MR) is 108 cm³/mol. The summed E-state index contributed by atoms with van der Waals surface area (Å²) in [5.41, 5.74) is 2.29. The van der Waals surface area contributed by atoms with Crippen LogP contribution >= 0.6 is 0 Å². The molecule has 140 valence electrons. The summed E-state index contributed by atoms with van der Waals surface area (Å²) in [6.45, 7) is 0. The Balaban J connectivity index is 1.42. The molecular weight excluding hydrogens is 368 g/mol. The van der Waals surface area contributed by atoms with Gasteiger partial charge in [-0.25, -0.2) is 15.0 Å². The van der Waals surface area contributed by atoms with E-state index in [0.717, 1.165) is 11.0 Å². The molecule has 8 heteroatoms. The number of nitrogens with one attached hydrogen (secondary N) is 1. The second-order valence-corrected chi connectivity index (χ2v) is 6.37. The van der Waals surface area contributed by atoms with Crippen LogP contribution in [0, 0.1) is 0 Å². The molecule has 1 amide bonds. The highest BCUT2D eigenvalue weighted by molar-refractivity contribution is 6.03. The van der Waals surface area contributed by atoms with Gasteiger partial charge in [0.25, 0.3) is 11.5 Å². The van der Waals surface area contributed by atoms with Gasteiger partial charge in [0.2, 0.25) is 0 Å². The van der Waals surface area contributed by atoms with E-state index in [0.29, 0.717) is 17.2 Å². The van der Waals surface area contributed by atoms with E-state index in [2.05, 4.69) is 20.3 Å². The Morgan fingerprint density at radius 1 is 0.897 bits per heavy atom. The van der Waals surface area contributed by atoms with E-state index in [1.807, 2.05) is 28.8 Å². The third-order valence-corrected chi connectivity index (χ3v) is 4.56. The van der Waals surface area contributed by atoms with Gasteiger partial charge < -0.3 is 5.32 Å². The normalized spacial score (nSPS) is 11.0. The molecule has 0 fully saturated rings. The highest BCUT2D eigenvalue weighted by atomic mass is 16.2. The predicted octanol–water partition coefficient (Wildman–Crippen LogP) is 2.68. The molecule has 0 bridgehead atoms. The topological polar surface area (TPSA) is 94.2 Å². The Labute approximate surface area is 164 Å². The standard InChI is InChI=1S/C21H14N6O2/c28-20(15-12-23-18-7-3-4-10-26(18)21(15)29)25-14-8-9-19(22-11-14)27-13-24-16-5-1-2-6-17(16)27/h1-13H,(H,25,28). The van der Waals surface area contributed by atoms with Crippen LogP contribution in [0.3, 0.4) is 0 Å². The van der Waals surface area contributed by atoms with E-state index < -0.39 is 11.5 Å². The average molecular weight is 382 g/mol. The largest absolute Gasteiger partial charge is 0.320 e. The van der Waals surface area contributed by atoms with Crippen molar-refractivity contribution in [2.45, 2.75) is 0 Å². The Kier molecular flexibility index (Phi) is 3.87. The number of fused-ring (bicyclic) bond motifs is 2. The lowest BCUT2D eigenvalue weighted by Crippen LogP contribution is -2.26. The maximum Gasteiger partial charge on any atom is 0.270 e. The number of rotatable bonds is 3. The minimum atomic E-state index is -0.539. The van der Waals surface area contributed by atoms with Gasteiger partial charge in [-0.1, -0.05) is 18.2 Å². The molecule has 0 radical (unpaired) electrons. The summed E-state index contributed by atoms with van der Waals surface area (Å²) in [5.74, 6) is 0.132. The molecule has 1 aromatic carbocycles. The van der Waals surface area contributed by atoms with Crippen LogP contribution in [0.15, 0.2) is 84.3 Å². The molecule has 0 saturated carbocycles. The van der Waals surface area contributed by atoms with Gasteiger partial charge >= 0.3 is 0 Å². The van der Waals surface area contributed by atoms with Gasteiger partial charge in [0.1, 0.15) is 23.4 Å². The first-order valence-electron chi connectivity index (χ1n) is 8.87. The molecule has 4 aromatic heterocycles. The van der Waals surface area contributed by atoms with Crippen molar-refractivity contribution in [1.29, 1.82) is 0 Å². The van der Waals surface area contributed by atoms with Crippen LogP contribution in [0.4, 0.5) is 5.69 Å². The lowest BCUT2D eigenvalue weighted by atomic mass is 10.3. The number of amides is 1. The first-order chi connectivity index (χ1) is 14.2. The second kappa shape index (κ2) is 6.68. The minimum Gasteiger partial charge on any atom is -0.320 e. The van der Waals surface area contributed by atoms with Crippen LogP contribution in [0.2, 0.25) is 0 Å². The molecule has 0 atom stereocenters. The van der Waals surface area contributed by atoms with Crippen molar-refractivity contribution in [2.75, 3.05) is 5.32 Å². The van der Waals surface area contributed by atoms with Crippen LogP contribution in [0.5, 0.6) is 0 Å². The number of anilines is 1. The lowest BCUT2D eigenvalue weighted by Gasteiger charge is -2.07. The van der Waals surface area contributed by atoms with Gasteiger partial charge in [0, 0.05) is 12.4 Å². The number of pyridine rings is 2. The molecule has 0 spiro atoms. The van der Waals surface area contributed by atoms with E-state index in [1.165, 1.54) is 16.8 Å². The quantitative estimate of drug-likeness (QED) is 0.518. The summed E-state index contributed by atoms with van der Waals surface area (Å²) < 4.78 is 3.20. The Hall–Kier alpha value is -4.33. The third kappa shape index (κ3) is 2.92. The number of benzene rings is 1. The minimum absolute atomic E-state index is 0.0432. The van der Waals surface area contributed by atoms with E-state index in [4.69, 9.17) is 0 Å². The summed E-state index contributed by atoms with van der Waals surface area (Å²) in [6.07, 6.45) is 6.10. The van der Waals surface area contributed by atoms with Crippen molar-refractivity contribution in [1.82, 2.24) is 23.9 Å². The zero-order valence-electron chi connectivity index (χ0n) is 15.1. The molecule has 0 aliphatic carbocycles. The summed E-state index contributed by atoms with van der Waals surface area (Å²) in [4.78, 5) is 38.0. The number of hydrogen-bond donors (Lipinski definition) is 1. The Bertz CT molecular complexity index is 1420. The highest BCUT2D eigenvalue weighted by Gasteiger charge is 2.14. The third-order valence-electron chi connectivity index (χ3n) is 4.56. The van der Waals surface area contributed by atoms with Gasteiger partial charge in [0.05, 0.1) is 22.9 Å². The highest BCUT2D eigenvalue weighted by Crippen LogP contribution is 2.17. The lowest BCUT2D eigenvalue weighted by molar-refractivity contribution is 0.102. The smallest absolute Gasteiger partial charge is 0.270 e. The first kappa shape index (κ1) is 16.8. The van der Waals surface area contributed by atoms with Crippen LogP contribution in [0.1, 0.15) is 10.4 Å². The zero-order valence-corrected chi connectivity index (χ0v) is 15.1. The number of nitrogens with zero attached hydrogens (tertiary/aromatic N) is 5. The monoisotopic (exact) mass is 382 g/mol. The van der Waals surface area contributed by atoms with Crippen molar-refractivity contribution in [3.8, 4) is 5.82 Å². The fraction of sp³-hybridized carbons (Fsp3) is 0. The second-order valence-electron chi connectivity index (χ2n) is 6.37. The zero-order chi connectivity index (χ0) is 19.8. The van der Waals surface area contributed by atoms with Gasteiger partial charge in [-0.2, -0.15) is 0 Å². The molecule has 4 heterocycles. The van der Waals surface area contributed by atoms with E-state index in [-0.39, 0.29) is 5.56 Å². The summed E-state index contributed by atoms with van der Waals surface area (Å²) in [5, 5.41) is 2.69. The molecule has 1 N–H and O–H groups in total. The van der Waals surface area contributed by atoms with Crippen LogP contribution < -0.4 is 10.9 Å². The molecule has 29 heavy (non-hydrogen) atoms. The van der Waals surface area contributed by atoms with Crippen LogP contribution in [0.25, 0.3) is 22.5 Å². The Morgan fingerprint density at radius 3 is 2.62 bits per heavy atom. The molecule has 5 rings (SSSR count). The van der Waals surface area contributed by atoms with E-state index in [9.17, 15) is 9.59 Å². The molecule has 0 aliphatic rings.